The van der Waals surface area contributed by atoms with Gasteiger partial charge in [-0.3, -0.25) is 4.79 Å². The average Bonchev–Trinajstić information content (AvgIpc) is 2.55. The highest BCUT2D eigenvalue weighted by atomic mass is 19.1. The van der Waals surface area contributed by atoms with Crippen molar-refractivity contribution in [1.82, 2.24) is 0 Å². The highest BCUT2D eigenvalue weighted by Gasteiger charge is 2.12. The van der Waals surface area contributed by atoms with Gasteiger partial charge in [0.25, 0.3) is 0 Å². The van der Waals surface area contributed by atoms with Gasteiger partial charge in [0.2, 0.25) is 5.91 Å². The summed E-state index contributed by atoms with van der Waals surface area (Å²) in [6, 6.07) is 9.05. The molecule has 0 bridgehead atoms. The van der Waals surface area contributed by atoms with E-state index < -0.39 is 11.6 Å². The molecule has 0 unspecified atom stereocenters. The molecule has 2 aromatic rings. The quantitative estimate of drug-likeness (QED) is 0.854. The highest BCUT2D eigenvalue weighted by molar-refractivity contribution is 5.91. The number of ether oxygens (including phenoxy) is 1. The van der Waals surface area contributed by atoms with Crippen molar-refractivity contribution in [3.05, 3.63) is 59.2 Å². The SMILES string of the molecule is CCC(=O)Nc1cccc(F)c1COc1ccc(CC)cc1F. The Bertz CT molecular complexity index is 701. The van der Waals surface area contributed by atoms with Crippen LogP contribution in [-0.4, -0.2) is 5.91 Å². The molecule has 2 aromatic carbocycles. The Morgan fingerprint density at radius 3 is 2.57 bits per heavy atom. The van der Waals surface area contributed by atoms with Crippen LogP contribution in [0.5, 0.6) is 5.75 Å². The van der Waals surface area contributed by atoms with E-state index in [0.29, 0.717) is 5.69 Å². The second-order valence-corrected chi connectivity index (χ2v) is 5.07. The van der Waals surface area contributed by atoms with Crippen LogP contribution in [0.1, 0.15) is 31.4 Å². The predicted molar refractivity (Wildman–Crippen MR) is 85.4 cm³/mol. The third-order valence-corrected chi connectivity index (χ3v) is 3.49. The lowest BCUT2D eigenvalue weighted by Gasteiger charge is -2.13. The molecule has 2 rings (SSSR count). The molecule has 5 heteroatoms. The fourth-order valence-corrected chi connectivity index (χ4v) is 2.09. The molecule has 0 aliphatic heterocycles. The molecule has 0 radical (unpaired) electrons. The van der Waals surface area contributed by atoms with Gasteiger partial charge in [0.05, 0.1) is 5.69 Å². The molecule has 0 aromatic heterocycles. The summed E-state index contributed by atoms with van der Waals surface area (Å²) in [4.78, 5) is 11.5. The van der Waals surface area contributed by atoms with Crippen LogP contribution in [0, 0.1) is 11.6 Å². The maximum absolute atomic E-state index is 14.0. The molecule has 0 aliphatic rings. The van der Waals surface area contributed by atoms with Gasteiger partial charge in [-0.15, -0.1) is 0 Å². The zero-order valence-corrected chi connectivity index (χ0v) is 13.2. The number of anilines is 1. The first-order valence-corrected chi connectivity index (χ1v) is 7.53. The number of hydrogen-bond donors (Lipinski definition) is 1. The number of benzene rings is 2. The van der Waals surface area contributed by atoms with E-state index >= 15 is 0 Å². The Balaban J connectivity index is 2.18. The lowest BCUT2D eigenvalue weighted by molar-refractivity contribution is -0.115. The summed E-state index contributed by atoms with van der Waals surface area (Å²) in [5.41, 5.74) is 1.38. The number of rotatable bonds is 6. The number of carbonyl (C=O) groups is 1. The maximum Gasteiger partial charge on any atom is 0.224 e. The molecule has 3 nitrogen and oxygen atoms in total. The lowest BCUT2D eigenvalue weighted by atomic mass is 10.1. The smallest absolute Gasteiger partial charge is 0.224 e. The number of amides is 1. The molecule has 1 amide bonds. The summed E-state index contributed by atoms with van der Waals surface area (Å²) in [5, 5.41) is 2.62. The molecule has 0 spiro atoms. The summed E-state index contributed by atoms with van der Waals surface area (Å²) in [6.07, 6.45) is 1.00. The molecular formula is C18H19F2NO2. The van der Waals surface area contributed by atoms with Crippen LogP contribution >= 0.6 is 0 Å². The molecule has 0 fully saturated rings. The Morgan fingerprint density at radius 1 is 1.13 bits per heavy atom. The molecule has 0 saturated heterocycles. The lowest BCUT2D eigenvalue weighted by Crippen LogP contribution is -2.13. The average molecular weight is 319 g/mol. The van der Waals surface area contributed by atoms with Gasteiger partial charge in [-0.1, -0.05) is 26.0 Å². The summed E-state index contributed by atoms with van der Waals surface area (Å²) in [7, 11) is 0. The maximum atomic E-state index is 14.0. The largest absolute Gasteiger partial charge is 0.486 e. The molecule has 0 saturated carbocycles. The van der Waals surface area contributed by atoms with E-state index in [1.165, 1.54) is 24.3 Å². The topological polar surface area (TPSA) is 38.3 Å². The van der Waals surface area contributed by atoms with Crippen LogP contribution in [0.15, 0.2) is 36.4 Å². The zero-order valence-electron chi connectivity index (χ0n) is 13.2. The minimum Gasteiger partial charge on any atom is -0.486 e. The third-order valence-electron chi connectivity index (χ3n) is 3.49. The van der Waals surface area contributed by atoms with Gasteiger partial charge in [-0.05, 0) is 36.2 Å². The second-order valence-electron chi connectivity index (χ2n) is 5.07. The monoisotopic (exact) mass is 319 g/mol. The summed E-state index contributed by atoms with van der Waals surface area (Å²) >= 11 is 0. The molecule has 1 N–H and O–H groups in total. The van der Waals surface area contributed by atoms with Gasteiger partial charge in [0, 0.05) is 12.0 Å². The Labute approximate surface area is 134 Å². The van der Waals surface area contributed by atoms with Crippen molar-refractivity contribution in [3.63, 3.8) is 0 Å². The summed E-state index contributed by atoms with van der Waals surface area (Å²) in [6.45, 7) is 3.46. The van der Waals surface area contributed by atoms with Gasteiger partial charge in [0.15, 0.2) is 11.6 Å². The fourth-order valence-electron chi connectivity index (χ4n) is 2.09. The number of halogens is 2. The first-order valence-electron chi connectivity index (χ1n) is 7.53. The minimum atomic E-state index is -0.510. The predicted octanol–water partition coefficient (Wildman–Crippen LogP) is 4.45. The Hall–Kier alpha value is -2.43. The third kappa shape index (κ3) is 4.28. The van der Waals surface area contributed by atoms with Crippen LogP contribution in [0.25, 0.3) is 0 Å². The Morgan fingerprint density at radius 2 is 1.91 bits per heavy atom. The van der Waals surface area contributed by atoms with Crippen molar-refractivity contribution >= 4 is 11.6 Å². The number of aryl methyl sites for hydroxylation is 1. The van der Waals surface area contributed by atoms with Crippen molar-refractivity contribution in [1.29, 1.82) is 0 Å². The molecule has 0 atom stereocenters. The Kier molecular flexibility index (Phi) is 5.68. The van der Waals surface area contributed by atoms with Crippen LogP contribution in [-0.2, 0) is 17.8 Å². The number of nitrogens with one attached hydrogen (secondary N) is 1. The minimum absolute atomic E-state index is 0.0539. The normalized spacial score (nSPS) is 10.4. The molecule has 0 aliphatic carbocycles. The summed E-state index contributed by atoms with van der Waals surface area (Å²) in [5.74, 6) is -1.17. The van der Waals surface area contributed by atoms with Gasteiger partial charge in [0.1, 0.15) is 12.4 Å². The molecule has 0 heterocycles. The van der Waals surface area contributed by atoms with Gasteiger partial charge >= 0.3 is 0 Å². The van der Waals surface area contributed by atoms with Crippen molar-refractivity contribution < 1.29 is 18.3 Å². The van der Waals surface area contributed by atoms with Crippen LogP contribution in [0.2, 0.25) is 0 Å². The van der Waals surface area contributed by atoms with Crippen molar-refractivity contribution in [3.8, 4) is 5.75 Å². The number of hydrogen-bond acceptors (Lipinski definition) is 2. The van der Waals surface area contributed by atoms with E-state index in [-0.39, 0.29) is 30.2 Å². The van der Waals surface area contributed by atoms with E-state index in [1.54, 1.807) is 19.1 Å². The van der Waals surface area contributed by atoms with Gasteiger partial charge in [-0.2, -0.15) is 0 Å². The van der Waals surface area contributed by atoms with E-state index in [1.807, 2.05) is 6.92 Å². The first kappa shape index (κ1) is 16.9. The number of carbonyl (C=O) groups excluding carboxylic acids is 1. The van der Waals surface area contributed by atoms with Crippen LogP contribution in [0.3, 0.4) is 0 Å². The molecule has 122 valence electrons. The first-order chi connectivity index (χ1) is 11.0. The standard InChI is InChI=1S/C18H19F2NO2/c1-3-12-8-9-17(15(20)10-12)23-11-13-14(19)6-5-7-16(13)21-18(22)4-2/h5-10H,3-4,11H2,1-2H3,(H,21,22). The molecular weight excluding hydrogens is 300 g/mol. The van der Waals surface area contributed by atoms with Crippen molar-refractivity contribution in [2.45, 2.75) is 33.3 Å². The zero-order chi connectivity index (χ0) is 16.8. The second kappa shape index (κ2) is 7.72. The van der Waals surface area contributed by atoms with Crippen LogP contribution in [0.4, 0.5) is 14.5 Å². The van der Waals surface area contributed by atoms with Crippen molar-refractivity contribution in [2.24, 2.45) is 0 Å². The van der Waals surface area contributed by atoms with Crippen molar-refractivity contribution in [2.75, 3.05) is 5.32 Å². The fraction of sp³-hybridized carbons (Fsp3) is 0.278. The van der Waals surface area contributed by atoms with Crippen LogP contribution < -0.4 is 10.1 Å². The van der Waals surface area contributed by atoms with E-state index in [4.69, 9.17) is 4.74 Å². The van der Waals surface area contributed by atoms with Gasteiger partial charge < -0.3 is 10.1 Å². The van der Waals surface area contributed by atoms with E-state index in [0.717, 1.165) is 12.0 Å². The summed E-state index contributed by atoms with van der Waals surface area (Å²) < 4.78 is 33.3. The van der Waals surface area contributed by atoms with E-state index in [2.05, 4.69) is 5.32 Å². The van der Waals surface area contributed by atoms with Gasteiger partial charge in [-0.25, -0.2) is 8.78 Å². The van der Waals surface area contributed by atoms with E-state index in [9.17, 15) is 13.6 Å². The highest BCUT2D eigenvalue weighted by Crippen LogP contribution is 2.24. The molecule has 23 heavy (non-hydrogen) atoms.